The predicted molar refractivity (Wildman–Crippen MR) is 84.5 cm³/mol. The van der Waals surface area contributed by atoms with E-state index in [-0.39, 0.29) is 19.7 Å². The van der Waals surface area contributed by atoms with E-state index in [0.29, 0.717) is 23.6 Å². The van der Waals surface area contributed by atoms with Crippen molar-refractivity contribution in [1.82, 2.24) is 9.88 Å². The molecule has 0 aliphatic rings. The van der Waals surface area contributed by atoms with E-state index in [9.17, 15) is 19.0 Å². The first-order valence-electron chi connectivity index (χ1n) is 7.48. The van der Waals surface area contributed by atoms with E-state index in [0.717, 1.165) is 12.1 Å². The van der Waals surface area contributed by atoms with Gasteiger partial charge in [-0.15, -0.1) is 0 Å². The zero-order chi connectivity index (χ0) is 17.5. The van der Waals surface area contributed by atoms with Crippen molar-refractivity contribution in [3.05, 3.63) is 59.3 Å². The summed E-state index contributed by atoms with van der Waals surface area (Å²) in [6.07, 6.45) is 0.679. The maximum atomic E-state index is 13.3. The summed E-state index contributed by atoms with van der Waals surface area (Å²) in [5.41, 5.74) is 1.16. The normalized spacial score (nSPS) is 12.4. The summed E-state index contributed by atoms with van der Waals surface area (Å²) >= 11 is 0. The molecular formula is C17H20F2N2O3. The van der Waals surface area contributed by atoms with Gasteiger partial charge < -0.3 is 14.9 Å². The van der Waals surface area contributed by atoms with Crippen LogP contribution in [0.3, 0.4) is 0 Å². The molecule has 24 heavy (non-hydrogen) atoms. The molecule has 0 radical (unpaired) electrons. The van der Waals surface area contributed by atoms with Gasteiger partial charge in [-0.3, -0.25) is 4.90 Å². The van der Waals surface area contributed by atoms with Crippen molar-refractivity contribution in [3.63, 3.8) is 0 Å². The molecule has 0 aliphatic heterocycles. The molecule has 2 N–H and O–H groups in total. The van der Waals surface area contributed by atoms with E-state index in [1.54, 1.807) is 17.0 Å². The van der Waals surface area contributed by atoms with Crippen molar-refractivity contribution in [1.29, 1.82) is 0 Å². The van der Waals surface area contributed by atoms with Gasteiger partial charge in [-0.25, -0.2) is 13.8 Å². The van der Waals surface area contributed by atoms with Gasteiger partial charge in [0.25, 0.3) is 0 Å². The number of hydrogen-bond donors (Lipinski definition) is 2. The van der Waals surface area contributed by atoms with Crippen LogP contribution in [0.2, 0.25) is 0 Å². The zero-order valence-corrected chi connectivity index (χ0v) is 13.3. The van der Waals surface area contributed by atoms with E-state index >= 15 is 0 Å². The first kappa shape index (κ1) is 18.3. The highest BCUT2D eigenvalue weighted by molar-refractivity contribution is 5.20. The second kappa shape index (κ2) is 8.68. The van der Waals surface area contributed by atoms with Gasteiger partial charge in [0, 0.05) is 37.5 Å². The van der Waals surface area contributed by atoms with Gasteiger partial charge in [-0.2, -0.15) is 0 Å². The van der Waals surface area contributed by atoms with Gasteiger partial charge in [-0.1, -0.05) is 6.07 Å². The molecule has 7 heteroatoms. The van der Waals surface area contributed by atoms with Crippen LogP contribution in [0.1, 0.15) is 17.2 Å². The Balaban J connectivity index is 2.04. The van der Waals surface area contributed by atoms with Gasteiger partial charge in [-0.05, 0) is 23.8 Å². The molecule has 2 aromatic rings. The van der Waals surface area contributed by atoms with E-state index in [1.807, 2.05) is 0 Å². The monoisotopic (exact) mass is 338 g/mol. The number of aromatic nitrogens is 1. The van der Waals surface area contributed by atoms with Crippen LogP contribution in [0, 0.1) is 11.6 Å². The van der Waals surface area contributed by atoms with Crippen LogP contribution < -0.4 is 4.74 Å². The first-order chi connectivity index (χ1) is 11.5. The Hall–Kier alpha value is -2.09. The Morgan fingerprint density at radius 1 is 1.21 bits per heavy atom. The molecule has 0 bridgehead atoms. The highest BCUT2D eigenvalue weighted by atomic mass is 19.2. The topological polar surface area (TPSA) is 65.8 Å². The van der Waals surface area contributed by atoms with Gasteiger partial charge in [0.1, 0.15) is 0 Å². The SMILES string of the molecule is COc1ccc(C(O)CN(CCO)Cc2ccc(F)c(F)c2)cn1. The lowest BCUT2D eigenvalue weighted by Crippen LogP contribution is -2.31. The van der Waals surface area contributed by atoms with Crippen molar-refractivity contribution in [2.24, 2.45) is 0 Å². The van der Waals surface area contributed by atoms with Crippen molar-refractivity contribution in [3.8, 4) is 5.88 Å². The number of aliphatic hydroxyl groups is 2. The lowest BCUT2D eigenvalue weighted by Gasteiger charge is -2.24. The molecule has 0 saturated carbocycles. The Morgan fingerprint density at radius 3 is 2.58 bits per heavy atom. The second-order valence-corrected chi connectivity index (χ2v) is 5.36. The number of methoxy groups -OCH3 is 1. The third kappa shape index (κ3) is 4.95. The lowest BCUT2D eigenvalue weighted by molar-refractivity contribution is 0.0953. The second-order valence-electron chi connectivity index (χ2n) is 5.36. The summed E-state index contributed by atoms with van der Waals surface area (Å²) in [7, 11) is 1.50. The minimum Gasteiger partial charge on any atom is -0.481 e. The Kier molecular flexibility index (Phi) is 6.60. The van der Waals surface area contributed by atoms with Crippen LogP contribution >= 0.6 is 0 Å². The fourth-order valence-corrected chi connectivity index (χ4v) is 2.33. The molecule has 0 aliphatic carbocycles. The minimum absolute atomic E-state index is 0.114. The van der Waals surface area contributed by atoms with Crippen LogP contribution in [-0.4, -0.2) is 46.9 Å². The van der Waals surface area contributed by atoms with Crippen molar-refractivity contribution in [2.45, 2.75) is 12.6 Å². The van der Waals surface area contributed by atoms with E-state index in [2.05, 4.69) is 4.98 Å². The predicted octanol–water partition coefficient (Wildman–Crippen LogP) is 1.90. The van der Waals surface area contributed by atoms with Crippen LogP contribution in [0.25, 0.3) is 0 Å². The molecule has 1 aromatic heterocycles. The number of hydrogen-bond acceptors (Lipinski definition) is 5. The van der Waals surface area contributed by atoms with Crippen molar-refractivity contribution in [2.75, 3.05) is 26.8 Å². The molecule has 0 saturated heterocycles. The average molecular weight is 338 g/mol. The van der Waals surface area contributed by atoms with Gasteiger partial charge >= 0.3 is 0 Å². The third-order valence-corrected chi connectivity index (χ3v) is 3.59. The van der Waals surface area contributed by atoms with Gasteiger partial charge in [0.2, 0.25) is 5.88 Å². The Bertz CT molecular complexity index is 653. The molecular weight excluding hydrogens is 318 g/mol. The van der Waals surface area contributed by atoms with E-state index in [1.165, 1.54) is 19.4 Å². The highest BCUT2D eigenvalue weighted by Crippen LogP contribution is 2.18. The number of nitrogens with zero attached hydrogens (tertiary/aromatic N) is 2. The molecule has 1 unspecified atom stereocenters. The molecule has 130 valence electrons. The van der Waals surface area contributed by atoms with E-state index in [4.69, 9.17) is 4.74 Å². The van der Waals surface area contributed by atoms with Crippen LogP contribution in [-0.2, 0) is 6.54 Å². The summed E-state index contributed by atoms with van der Waals surface area (Å²) < 4.78 is 31.3. The lowest BCUT2D eigenvalue weighted by atomic mass is 10.1. The molecule has 0 fully saturated rings. The molecule has 1 atom stereocenters. The summed E-state index contributed by atoms with van der Waals surface area (Å²) in [4.78, 5) is 5.79. The average Bonchev–Trinajstić information content (AvgIpc) is 2.58. The maximum Gasteiger partial charge on any atom is 0.212 e. The fraction of sp³-hybridized carbons (Fsp3) is 0.353. The number of rotatable bonds is 8. The fourth-order valence-electron chi connectivity index (χ4n) is 2.33. The molecule has 1 aromatic carbocycles. The molecule has 1 heterocycles. The summed E-state index contributed by atoms with van der Waals surface area (Å²) in [5, 5.41) is 19.5. The number of ether oxygens (including phenoxy) is 1. The van der Waals surface area contributed by atoms with Gasteiger partial charge in [0.05, 0.1) is 19.8 Å². The highest BCUT2D eigenvalue weighted by Gasteiger charge is 2.15. The quantitative estimate of drug-likeness (QED) is 0.770. The van der Waals surface area contributed by atoms with Crippen LogP contribution in [0.15, 0.2) is 36.5 Å². The van der Waals surface area contributed by atoms with Crippen molar-refractivity contribution < 1.29 is 23.7 Å². The van der Waals surface area contributed by atoms with Gasteiger partial charge in [0.15, 0.2) is 11.6 Å². The summed E-state index contributed by atoms with van der Waals surface area (Å²) in [6.45, 7) is 0.670. The number of aliphatic hydroxyl groups excluding tert-OH is 2. The third-order valence-electron chi connectivity index (χ3n) is 3.59. The summed E-state index contributed by atoms with van der Waals surface area (Å²) in [5.74, 6) is -1.38. The molecule has 0 amide bonds. The largest absolute Gasteiger partial charge is 0.481 e. The van der Waals surface area contributed by atoms with Crippen LogP contribution in [0.5, 0.6) is 5.88 Å². The zero-order valence-electron chi connectivity index (χ0n) is 13.3. The standard InChI is InChI=1S/C17H20F2N2O3/c1-24-17-5-3-13(9-20-17)16(23)11-21(6-7-22)10-12-2-4-14(18)15(19)8-12/h2-5,8-9,16,22-23H,6-7,10-11H2,1H3. The minimum atomic E-state index is -0.920. The molecule has 5 nitrogen and oxygen atoms in total. The number of benzene rings is 1. The Morgan fingerprint density at radius 2 is 2.00 bits per heavy atom. The van der Waals surface area contributed by atoms with E-state index < -0.39 is 17.7 Å². The smallest absolute Gasteiger partial charge is 0.212 e. The summed E-state index contributed by atoms with van der Waals surface area (Å²) in [6, 6.07) is 6.99. The molecule has 2 rings (SSSR count). The maximum absolute atomic E-state index is 13.3. The van der Waals surface area contributed by atoms with Crippen LogP contribution in [0.4, 0.5) is 8.78 Å². The molecule has 0 spiro atoms. The number of pyridine rings is 1. The van der Waals surface area contributed by atoms with Crippen molar-refractivity contribution >= 4 is 0 Å². The number of halogens is 2. The Labute approximate surface area is 139 Å². The first-order valence-corrected chi connectivity index (χ1v) is 7.48.